The summed E-state index contributed by atoms with van der Waals surface area (Å²) in [6, 6.07) is 23.0. The maximum atomic E-state index is 14.0. The standard InChI is InChI=1S/C28H26N2O4/c1-28(2,3)34-27(32)30(33-18-19-10-5-4-6-11-19)23-15-8-7-12-20(23)16-24(30)22-14-9-13-21-17-29-26(31)25(21)22/h4-16H,17-18H2,1-3H3/p+1. The van der Waals surface area contributed by atoms with Crippen molar-refractivity contribution in [3.8, 4) is 0 Å². The highest BCUT2D eigenvalue weighted by molar-refractivity contribution is 6.11. The third-order valence-corrected chi connectivity index (χ3v) is 5.92. The van der Waals surface area contributed by atoms with E-state index < -0.39 is 16.3 Å². The summed E-state index contributed by atoms with van der Waals surface area (Å²) >= 11 is 0. The summed E-state index contributed by atoms with van der Waals surface area (Å²) in [6.07, 6.45) is 1.36. The van der Waals surface area contributed by atoms with Gasteiger partial charge in [0.25, 0.3) is 5.91 Å². The molecular formula is C28H27N2O4+. The first-order valence-electron chi connectivity index (χ1n) is 11.3. The molecule has 2 amide bonds. The third kappa shape index (κ3) is 3.71. The second kappa shape index (κ2) is 8.24. The van der Waals surface area contributed by atoms with Gasteiger partial charge in [-0.25, -0.2) is 0 Å². The Balaban J connectivity index is 1.71. The maximum absolute atomic E-state index is 14.0. The van der Waals surface area contributed by atoms with E-state index in [0.717, 1.165) is 16.7 Å². The summed E-state index contributed by atoms with van der Waals surface area (Å²) in [7, 11) is 0. The van der Waals surface area contributed by atoms with E-state index in [1.165, 1.54) is 0 Å². The first kappa shape index (κ1) is 22.1. The van der Waals surface area contributed by atoms with Crippen molar-refractivity contribution in [1.29, 1.82) is 0 Å². The van der Waals surface area contributed by atoms with Crippen LogP contribution in [-0.4, -0.2) is 17.6 Å². The van der Waals surface area contributed by atoms with Crippen LogP contribution in [0.3, 0.4) is 0 Å². The van der Waals surface area contributed by atoms with Crippen LogP contribution in [0.5, 0.6) is 0 Å². The molecule has 0 saturated carbocycles. The minimum absolute atomic E-state index is 0.159. The largest absolute Gasteiger partial charge is 0.561 e. The number of amides is 2. The van der Waals surface area contributed by atoms with Crippen molar-refractivity contribution in [2.75, 3.05) is 0 Å². The SMILES string of the molecule is CC(C)(C)OC(=O)[N+]1(OCc2ccccc2)C(c2cccc3c2C(=O)NC3)=Cc2ccccc21. The lowest BCUT2D eigenvalue weighted by Gasteiger charge is -2.32. The van der Waals surface area contributed by atoms with Crippen molar-refractivity contribution < 1.29 is 19.2 Å². The van der Waals surface area contributed by atoms with E-state index in [9.17, 15) is 9.59 Å². The second-order valence-electron chi connectivity index (χ2n) is 9.46. The molecule has 3 aromatic rings. The van der Waals surface area contributed by atoms with Gasteiger partial charge in [0.1, 0.15) is 12.2 Å². The number of hydrogen-bond donors (Lipinski definition) is 1. The van der Waals surface area contributed by atoms with Crippen molar-refractivity contribution in [1.82, 2.24) is 9.96 Å². The molecule has 0 bridgehead atoms. The maximum Gasteiger partial charge on any atom is 0.561 e. The Morgan fingerprint density at radius 2 is 1.71 bits per heavy atom. The van der Waals surface area contributed by atoms with Gasteiger partial charge in [-0.05, 0) is 48.7 Å². The lowest BCUT2D eigenvalue weighted by atomic mass is 10.00. The van der Waals surface area contributed by atoms with Crippen LogP contribution in [0.1, 0.15) is 53.4 Å². The van der Waals surface area contributed by atoms with Gasteiger partial charge in [0.2, 0.25) is 0 Å². The number of fused-ring (bicyclic) bond motifs is 2. The van der Waals surface area contributed by atoms with Gasteiger partial charge in [0, 0.05) is 24.3 Å². The first-order valence-corrected chi connectivity index (χ1v) is 11.3. The van der Waals surface area contributed by atoms with Gasteiger partial charge in [0.15, 0.2) is 11.4 Å². The van der Waals surface area contributed by atoms with E-state index in [4.69, 9.17) is 9.57 Å². The minimum atomic E-state index is -0.739. The highest BCUT2D eigenvalue weighted by Crippen LogP contribution is 2.48. The lowest BCUT2D eigenvalue weighted by Crippen LogP contribution is -2.53. The fraction of sp³-hybridized carbons (Fsp3) is 0.214. The number of para-hydroxylation sites is 1. The molecule has 6 nitrogen and oxygen atoms in total. The Hall–Kier alpha value is -3.74. The number of ether oxygens (including phenoxy) is 1. The van der Waals surface area contributed by atoms with E-state index in [2.05, 4.69) is 5.32 Å². The second-order valence-corrected chi connectivity index (χ2v) is 9.46. The molecule has 1 N–H and O–H groups in total. The number of carbonyl (C=O) groups excluding carboxylic acids is 2. The average Bonchev–Trinajstić information content (AvgIpc) is 3.36. The number of carbonyl (C=O) groups is 2. The zero-order chi connectivity index (χ0) is 23.9. The smallest absolute Gasteiger partial charge is 0.411 e. The lowest BCUT2D eigenvalue weighted by molar-refractivity contribution is -0.108. The van der Waals surface area contributed by atoms with Crippen molar-refractivity contribution in [3.05, 3.63) is 101 Å². The number of hydroxylamine groups is 2. The summed E-state index contributed by atoms with van der Waals surface area (Å²) in [5.74, 6) is -0.159. The van der Waals surface area contributed by atoms with Crippen molar-refractivity contribution >= 4 is 29.5 Å². The number of nitrogens with zero attached hydrogens (tertiary/aromatic N) is 1. The molecule has 5 rings (SSSR count). The van der Waals surface area contributed by atoms with E-state index in [-0.39, 0.29) is 12.5 Å². The molecule has 34 heavy (non-hydrogen) atoms. The molecule has 2 aliphatic heterocycles. The predicted octanol–water partition coefficient (Wildman–Crippen LogP) is 5.82. The number of benzene rings is 3. The number of quaternary nitrogens is 1. The van der Waals surface area contributed by atoms with E-state index >= 15 is 0 Å². The van der Waals surface area contributed by atoms with Gasteiger partial charge < -0.3 is 10.1 Å². The van der Waals surface area contributed by atoms with Crippen LogP contribution in [0.15, 0.2) is 72.8 Å². The molecule has 6 heteroatoms. The molecule has 2 aliphatic rings. The van der Waals surface area contributed by atoms with Gasteiger partial charge in [0.05, 0.1) is 11.1 Å². The number of rotatable bonds is 4. The van der Waals surface area contributed by atoms with Crippen LogP contribution in [0.4, 0.5) is 10.5 Å². The van der Waals surface area contributed by atoms with Gasteiger partial charge in [-0.3, -0.25) is 4.79 Å². The highest BCUT2D eigenvalue weighted by atomic mass is 16.8. The summed E-state index contributed by atoms with van der Waals surface area (Å²) < 4.78 is 5.34. The van der Waals surface area contributed by atoms with Crippen LogP contribution in [0.2, 0.25) is 0 Å². The molecule has 0 radical (unpaired) electrons. The normalized spacial score (nSPS) is 18.7. The monoisotopic (exact) mass is 455 g/mol. The van der Waals surface area contributed by atoms with Crippen LogP contribution >= 0.6 is 0 Å². The van der Waals surface area contributed by atoms with Crippen LogP contribution in [-0.2, 0) is 22.7 Å². The molecule has 172 valence electrons. The van der Waals surface area contributed by atoms with Gasteiger partial charge in [-0.2, -0.15) is 9.63 Å². The van der Waals surface area contributed by atoms with Crippen LogP contribution in [0, 0.1) is 0 Å². The van der Waals surface area contributed by atoms with Crippen molar-refractivity contribution in [2.45, 2.75) is 39.5 Å². The van der Waals surface area contributed by atoms with Crippen LogP contribution in [0.25, 0.3) is 11.8 Å². The third-order valence-electron chi connectivity index (χ3n) is 5.92. The quantitative estimate of drug-likeness (QED) is 0.504. The molecule has 0 fully saturated rings. The van der Waals surface area contributed by atoms with E-state index in [1.807, 2.05) is 99.6 Å². The molecule has 1 unspecified atom stereocenters. The number of nitrogens with one attached hydrogen (secondary N) is 1. The average molecular weight is 456 g/mol. The molecule has 2 heterocycles. The predicted molar refractivity (Wildman–Crippen MR) is 131 cm³/mol. The first-order chi connectivity index (χ1) is 16.3. The molecule has 1 atom stereocenters. The van der Waals surface area contributed by atoms with Gasteiger partial charge >= 0.3 is 6.09 Å². The van der Waals surface area contributed by atoms with Crippen LogP contribution < -0.4 is 9.96 Å². The van der Waals surface area contributed by atoms with E-state index in [0.29, 0.717) is 29.1 Å². The fourth-order valence-corrected chi connectivity index (χ4v) is 4.46. The molecule has 0 aliphatic carbocycles. The molecule has 0 spiro atoms. The Kier molecular flexibility index (Phi) is 5.35. The fourth-order valence-electron chi connectivity index (χ4n) is 4.46. The molecule has 0 saturated heterocycles. The Bertz CT molecular complexity index is 1310. The summed E-state index contributed by atoms with van der Waals surface area (Å²) in [4.78, 5) is 33.4. The minimum Gasteiger partial charge on any atom is -0.411 e. The summed E-state index contributed by atoms with van der Waals surface area (Å²) in [5.41, 5.74) is 4.34. The summed E-state index contributed by atoms with van der Waals surface area (Å²) in [6.45, 7) is 6.12. The highest BCUT2D eigenvalue weighted by Gasteiger charge is 2.56. The zero-order valence-electron chi connectivity index (χ0n) is 19.5. The summed E-state index contributed by atoms with van der Waals surface area (Å²) in [5, 5.41) is 2.89. The molecular weight excluding hydrogens is 428 g/mol. The van der Waals surface area contributed by atoms with Gasteiger partial charge in [-0.15, -0.1) is 0 Å². The Labute approximate surface area is 199 Å². The Morgan fingerprint density at radius 1 is 0.971 bits per heavy atom. The zero-order valence-corrected chi connectivity index (χ0v) is 19.5. The van der Waals surface area contributed by atoms with Crippen molar-refractivity contribution in [3.63, 3.8) is 0 Å². The topological polar surface area (TPSA) is 64.6 Å². The Morgan fingerprint density at radius 3 is 2.47 bits per heavy atom. The molecule has 0 aromatic heterocycles. The number of hydrogen-bond acceptors (Lipinski definition) is 4. The van der Waals surface area contributed by atoms with E-state index in [1.54, 1.807) is 0 Å². The van der Waals surface area contributed by atoms with Crippen molar-refractivity contribution in [2.24, 2.45) is 0 Å². The van der Waals surface area contributed by atoms with Gasteiger partial charge in [-0.1, -0.05) is 54.6 Å². The molecule has 3 aromatic carbocycles.